The zero-order valence-electron chi connectivity index (χ0n) is 13.6. The third kappa shape index (κ3) is 3.32. The fraction of sp³-hybridized carbons (Fsp3) is 0.158. The first-order valence-corrected chi connectivity index (χ1v) is 9.54. The molecule has 0 saturated heterocycles. The van der Waals surface area contributed by atoms with Crippen LogP contribution in [0.15, 0.2) is 62.8 Å². The predicted octanol–water partition coefficient (Wildman–Crippen LogP) is 2.86. The van der Waals surface area contributed by atoms with Crippen LogP contribution in [-0.4, -0.2) is 11.2 Å². The van der Waals surface area contributed by atoms with E-state index in [9.17, 15) is 4.79 Å². The van der Waals surface area contributed by atoms with Crippen LogP contribution in [0.25, 0.3) is 6.08 Å². The molecule has 1 aliphatic rings. The number of hydrogen-bond donors (Lipinski definition) is 0. The van der Waals surface area contributed by atoms with Crippen molar-refractivity contribution in [3.05, 3.63) is 83.8 Å². The largest absolute Gasteiger partial charge is 0.334 e. The van der Waals surface area contributed by atoms with Crippen molar-refractivity contribution in [2.75, 3.05) is 11.6 Å². The summed E-state index contributed by atoms with van der Waals surface area (Å²) < 4.78 is 3.46. The Labute approximate surface area is 157 Å². The Morgan fingerprint density at radius 3 is 2.84 bits per heavy atom. The normalized spacial score (nSPS) is 14.3. The molecular weight excluding hydrogens is 398 g/mol. The SMILES string of the molecule is Cc1cccc(N2CN=c3s/c(=C\c4cccc(Br)c4)c(=O)n3C2)c1. The zero-order chi connectivity index (χ0) is 17.4. The Balaban J connectivity index is 1.73. The van der Waals surface area contributed by atoms with Gasteiger partial charge in [0.2, 0.25) is 0 Å². The van der Waals surface area contributed by atoms with Gasteiger partial charge in [-0.05, 0) is 48.4 Å². The number of rotatable bonds is 2. The molecule has 0 spiro atoms. The monoisotopic (exact) mass is 413 g/mol. The summed E-state index contributed by atoms with van der Waals surface area (Å²) >= 11 is 4.91. The van der Waals surface area contributed by atoms with Crippen LogP contribution in [-0.2, 0) is 6.67 Å². The lowest BCUT2D eigenvalue weighted by atomic mass is 10.2. The average molecular weight is 414 g/mol. The summed E-state index contributed by atoms with van der Waals surface area (Å²) in [4.78, 5) is 20.3. The molecule has 1 aliphatic heterocycles. The van der Waals surface area contributed by atoms with Crippen molar-refractivity contribution in [1.82, 2.24) is 4.57 Å². The van der Waals surface area contributed by atoms with Crippen molar-refractivity contribution in [2.24, 2.45) is 4.99 Å². The molecular formula is C19H16BrN3OS. The molecule has 1 aromatic heterocycles. The Bertz CT molecular complexity index is 1120. The molecule has 4 rings (SSSR count). The first-order valence-electron chi connectivity index (χ1n) is 7.93. The lowest BCUT2D eigenvalue weighted by Gasteiger charge is -2.25. The summed E-state index contributed by atoms with van der Waals surface area (Å²) in [5.74, 6) is 0. The van der Waals surface area contributed by atoms with Gasteiger partial charge in [-0.15, -0.1) is 0 Å². The van der Waals surface area contributed by atoms with Gasteiger partial charge in [-0.3, -0.25) is 9.36 Å². The molecule has 0 atom stereocenters. The highest BCUT2D eigenvalue weighted by atomic mass is 79.9. The lowest BCUT2D eigenvalue weighted by molar-refractivity contribution is 0.569. The van der Waals surface area contributed by atoms with Gasteiger partial charge >= 0.3 is 0 Å². The lowest BCUT2D eigenvalue weighted by Crippen LogP contribution is -2.42. The molecule has 4 nitrogen and oxygen atoms in total. The molecule has 0 bridgehead atoms. The molecule has 0 aliphatic carbocycles. The Kier molecular flexibility index (Phi) is 4.31. The maximum absolute atomic E-state index is 12.8. The minimum atomic E-state index is 0.0149. The second kappa shape index (κ2) is 6.61. The maximum atomic E-state index is 12.8. The topological polar surface area (TPSA) is 37.6 Å². The van der Waals surface area contributed by atoms with Crippen LogP contribution < -0.4 is 19.8 Å². The van der Waals surface area contributed by atoms with Crippen molar-refractivity contribution in [1.29, 1.82) is 0 Å². The second-order valence-corrected chi connectivity index (χ2v) is 7.93. The minimum absolute atomic E-state index is 0.0149. The number of thiazole rings is 1. The van der Waals surface area contributed by atoms with E-state index in [0.29, 0.717) is 17.9 Å². The van der Waals surface area contributed by atoms with Crippen LogP contribution in [0.2, 0.25) is 0 Å². The van der Waals surface area contributed by atoms with Crippen molar-refractivity contribution >= 4 is 39.0 Å². The molecule has 0 radical (unpaired) electrons. The van der Waals surface area contributed by atoms with Gasteiger partial charge in [-0.2, -0.15) is 0 Å². The van der Waals surface area contributed by atoms with E-state index in [1.807, 2.05) is 36.4 Å². The van der Waals surface area contributed by atoms with E-state index in [1.54, 1.807) is 4.57 Å². The molecule has 2 heterocycles. The number of benzene rings is 2. The van der Waals surface area contributed by atoms with Crippen LogP contribution in [0.1, 0.15) is 11.1 Å². The molecule has 0 fully saturated rings. The average Bonchev–Trinajstić information content (AvgIpc) is 2.90. The van der Waals surface area contributed by atoms with Crippen LogP contribution >= 0.6 is 27.3 Å². The second-order valence-electron chi connectivity index (χ2n) is 6.00. The van der Waals surface area contributed by atoms with E-state index in [2.05, 4.69) is 50.9 Å². The van der Waals surface area contributed by atoms with E-state index < -0.39 is 0 Å². The highest BCUT2D eigenvalue weighted by Crippen LogP contribution is 2.17. The molecule has 0 amide bonds. The first-order chi connectivity index (χ1) is 12.1. The third-order valence-corrected chi connectivity index (χ3v) is 5.63. The Hall–Kier alpha value is -2.18. The number of fused-ring (bicyclic) bond motifs is 1. The number of aromatic nitrogens is 1. The highest BCUT2D eigenvalue weighted by Gasteiger charge is 2.15. The van der Waals surface area contributed by atoms with E-state index >= 15 is 0 Å². The zero-order valence-corrected chi connectivity index (χ0v) is 16.0. The van der Waals surface area contributed by atoms with Crippen LogP contribution in [0.4, 0.5) is 5.69 Å². The standard InChI is InChI=1S/C19H16BrN3OS/c1-13-4-2-7-16(8-13)22-11-21-19-23(12-22)18(24)17(25-19)10-14-5-3-6-15(20)9-14/h2-10H,11-12H2,1H3/b17-10-. The van der Waals surface area contributed by atoms with Crippen molar-refractivity contribution in [3.63, 3.8) is 0 Å². The van der Waals surface area contributed by atoms with Crippen LogP contribution in [0.5, 0.6) is 0 Å². The highest BCUT2D eigenvalue weighted by molar-refractivity contribution is 9.10. The third-order valence-electron chi connectivity index (χ3n) is 4.09. The molecule has 3 aromatic rings. The van der Waals surface area contributed by atoms with Crippen LogP contribution in [0.3, 0.4) is 0 Å². The molecule has 0 unspecified atom stereocenters. The molecule has 0 saturated carbocycles. The van der Waals surface area contributed by atoms with Gasteiger partial charge in [-0.1, -0.05) is 51.5 Å². The number of anilines is 1. The maximum Gasteiger partial charge on any atom is 0.271 e. The summed E-state index contributed by atoms with van der Waals surface area (Å²) in [7, 11) is 0. The van der Waals surface area contributed by atoms with Crippen LogP contribution in [0, 0.1) is 6.92 Å². The summed E-state index contributed by atoms with van der Waals surface area (Å²) in [5, 5.41) is 0. The van der Waals surface area contributed by atoms with Gasteiger partial charge in [0.1, 0.15) is 13.3 Å². The quantitative estimate of drug-likeness (QED) is 0.647. The van der Waals surface area contributed by atoms with E-state index in [4.69, 9.17) is 0 Å². The molecule has 6 heteroatoms. The molecule has 0 N–H and O–H groups in total. The van der Waals surface area contributed by atoms with Crippen molar-refractivity contribution < 1.29 is 0 Å². The summed E-state index contributed by atoms with van der Waals surface area (Å²) in [5.41, 5.74) is 3.30. The number of nitrogens with zero attached hydrogens (tertiary/aromatic N) is 3. The van der Waals surface area contributed by atoms with Gasteiger partial charge in [0, 0.05) is 10.2 Å². The van der Waals surface area contributed by atoms with Gasteiger partial charge in [0.05, 0.1) is 4.53 Å². The van der Waals surface area contributed by atoms with Gasteiger partial charge in [0.25, 0.3) is 5.56 Å². The molecule has 25 heavy (non-hydrogen) atoms. The number of halogens is 1. The number of hydrogen-bond acceptors (Lipinski definition) is 4. The van der Waals surface area contributed by atoms with Gasteiger partial charge in [0.15, 0.2) is 4.80 Å². The summed E-state index contributed by atoms with van der Waals surface area (Å²) in [6.45, 7) is 3.17. The fourth-order valence-electron chi connectivity index (χ4n) is 2.85. The summed E-state index contributed by atoms with van der Waals surface area (Å²) in [6, 6.07) is 16.2. The fourth-order valence-corrected chi connectivity index (χ4v) is 4.23. The molecule has 126 valence electrons. The predicted molar refractivity (Wildman–Crippen MR) is 106 cm³/mol. The Morgan fingerprint density at radius 1 is 1.20 bits per heavy atom. The van der Waals surface area contributed by atoms with E-state index in [0.717, 1.165) is 20.5 Å². The Morgan fingerprint density at radius 2 is 2.04 bits per heavy atom. The van der Waals surface area contributed by atoms with E-state index in [1.165, 1.54) is 16.9 Å². The van der Waals surface area contributed by atoms with Gasteiger partial charge < -0.3 is 4.90 Å². The minimum Gasteiger partial charge on any atom is -0.334 e. The van der Waals surface area contributed by atoms with Crippen molar-refractivity contribution in [2.45, 2.75) is 13.6 Å². The van der Waals surface area contributed by atoms with Crippen molar-refractivity contribution in [3.8, 4) is 0 Å². The van der Waals surface area contributed by atoms with Gasteiger partial charge in [-0.25, -0.2) is 4.99 Å². The number of aryl methyl sites for hydroxylation is 1. The smallest absolute Gasteiger partial charge is 0.271 e. The first kappa shape index (κ1) is 16.3. The van der Waals surface area contributed by atoms with E-state index in [-0.39, 0.29) is 5.56 Å². The molecule has 2 aromatic carbocycles. The summed E-state index contributed by atoms with van der Waals surface area (Å²) in [6.07, 6.45) is 1.93.